The number of halogens is 1. The fourth-order valence-corrected chi connectivity index (χ4v) is 3.60. The molecule has 1 aliphatic heterocycles. The van der Waals surface area contributed by atoms with E-state index in [4.69, 9.17) is 4.74 Å². The van der Waals surface area contributed by atoms with E-state index in [1.807, 2.05) is 17.8 Å². The maximum Gasteiger partial charge on any atom is 0.191 e. The first-order valence-electron chi connectivity index (χ1n) is 8.11. The molecule has 1 heterocycles. The number of hydrogen-bond donors (Lipinski definition) is 2. The second-order valence-electron chi connectivity index (χ2n) is 5.61. The normalized spacial score (nSPS) is 18.7. The summed E-state index contributed by atoms with van der Waals surface area (Å²) in [4.78, 5) is 4.63. The van der Waals surface area contributed by atoms with E-state index in [9.17, 15) is 4.39 Å². The Hall–Kier alpha value is -1.27. The van der Waals surface area contributed by atoms with E-state index in [0.717, 1.165) is 23.8 Å². The Kier molecular flexibility index (Phi) is 7.68. The minimum absolute atomic E-state index is 0.233. The number of aliphatic imine (C=N–C) groups is 1. The van der Waals surface area contributed by atoms with E-state index in [1.165, 1.54) is 24.7 Å². The van der Waals surface area contributed by atoms with Crippen LogP contribution in [0, 0.1) is 5.82 Å². The molecule has 128 valence electrons. The van der Waals surface area contributed by atoms with E-state index in [0.29, 0.717) is 18.2 Å². The van der Waals surface area contributed by atoms with Gasteiger partial charge in [0.2, 0.25) is 0 Å². The van der Waals surface area contributed by atoms with Gasteiger partial charge in [-0.3, -0.25) is 0 Å². The number of guanidine groups is 1. The molecular weight excluding hydrogens is 313 g/mol. The van der Waals surface area contributed by atoms with Crippen LogP contribution < -0.4 is 10.6 Å². The minimum Gasteiger partial charge on any atom is -0.380 e. The molecule has 0 aromatic heterocycles. The van der Waals surface area contributed by atoms with Crippen LogP contribution in [0.3, 0.4) is 0 Å². The Bertz CT molecular complexity index is 519. The molecule has 0 spiro atoms. The zero-order valence-corrected chi connectivity index (χ0v) is 14.7. The third-order valence-corrected chi connectivity index (χ3v) is 4.89. The Morgan fingerprint density at radius 1 is 1.48 bits per heavy atom. The van der Waals surface area contributed by atoms with Gasteiger partial charge in [0.15, 0.2) is 5.96 Å². The van der Waals surface area contributed by atoms with Gasteiger partial charge in [0.1, 0.15) is 5.82 Å². The standard InChI is InChI=1S/C17H26FN3OS/c1-3-19-17(21-15-5-4-8-23-12-15)20-10-13-6-7-16(18)14(9-13)11-22-2/h6-7,9,15H,3-5,8,10-12H2,1-2H3,(H2,19,20,21). The molecule has 1 fully saturated rings. The molecule has 0 saturated carbocycles. The first-order chi connectivity index (χ1) is 11.2. The van der Waals surface area contributed by atoms with Crippen molar-refractivity contribution in [1.82, 2.24) is 10.6 Å². The quantitative estimate of drug-likeness (QED) is 0.618. The third kappa shape index (κ3) is 6.03. The van der Waals surface area contributed by atoms with E-state index in [1.54, 1.807) is 13.2 Å². The molecule has 2 rings (SSSR count). The fourth-order valence-electron chi connectivity index (χ4n) is 2.53. The lowest BCUT2D eigenvalue weighted by Gasteiger charge is -2.24. The van der Waals surface area contributed by atoms with Crippen molar-refractivity contribution in [1.29, 1.82) is 0 Å². The van der Waals surface area contributed by atoms with Crippen LogP contribution in [-0.4, -0.2) is 37.2 Å². The van der Waals surface area contributed by atoms with Gasteiger partial charge in [0.25, 0.3) is 0 Å². The van der Waals surface area contributed by atoms with Crippen LogP contribution in [0.15, 0.2) is 23.2 Å². The van der Waals surface area contributed by atoms with Crippen LogP contribution in [0.4, 0.5) is 4.39 Å². The molecule has 1 saturated heterocycles. The summed E-state index contributed by atoms with van der Waals surface area (Å²) in [7, 11) is 1.57. The maximum atomic E-state index is 13.6. The van der Waals surface area contributed by atoms with E-state index < -0.39 is 0 Å². The molecule has 1 aromatic carbocycles. The molecule has 4 nitrogen and oxygen atoms in total. The Balaban J connectivity index is 2.00. The second kappa shape index (κ2) is 9.78. The van der Waals surface area contributed by atoms with Crippen LogP contribution in [-0.2, 0) is 17.9 Å². The summed E-state index contributed by atoms with van der Waals surface area (Å²) in [5.74, 6) is 2.98. The van der Waals surface area contributed by atoms with Crippen LogP contribution in [0.5, 0.6) is 0 Å². The molecule has 1 atom stereocenters. The van der Waals surface area contributed by atoms with Crippen molar-refractivity contribution in [3.05, 3.63) is 35.1 Å². The number of nitrogens with zero attached hydrogens (tertiary/aromatic N) is 1. The van der Waals surface area contributed by atoms with Crippen LogP contribution in [0.1, 0.15) is 30.9 Å². The maximum absolute atomic E-state index is 13.6. The monoisotopic (exact) mass is 339 g/mol. The fraction of sp³-hybridized carbons (Fsp3) is 0.588. The third-order valence-electron chi connectivity index (χ3n) is 3.68. The van der Waals surface area contributed by atoms with Gasteiger partial charge in [-0.2, -0.15) is 11.8 Å². The van der Waals surface area contributed by atoms with Gasteiger partial charge in [-0.25, -0.2) is 9.38 Å². The van der Waals surface area contributed by atoms with Crippen molar-refractivity contribution in [2.75, 3.05) is 25.2 Å². The highest BCUT2D eigenvalue weighted by Gasteiger charge is 2.14. The van der Waals surface area contributed by atoms with E-state index in [-0.39, 0.29) is 12.4 Å². The Labute approximate surface area is 142 Å². The molecule has 0 radical (unpaired) electrons. The zero-order valence-electron chi connectivity index (χ0n) is 13.9. The molecule has 1 aromatic rings. The van der Waals surface area contributed by atoms with Gasteiger partial charge in [-0.15, -0.1) is 0 Å². The van der Waals surface area contributed by atoms with E-state index in [2.05, 4.69) is 22.5 Å². The second-order valence-corrected chi connectivity index (χ2v) is 6.76. The summed E-state index contributed by atoms with van der Waals surface area (Å²) < 4.78 is 18.7. The van der Waals surface area contributed by atoms with Crippen molar-refractivity contribution in [2.24, 2.45) is 4.99 Å². The summed E-state index contributed by atoms with van der Waals surface area (Å²) in [5, 5.41) is 6.78. The molecule has 1 aliphatic rings. The van der Waals surface area contributed by atoms with Crippen molar-refractivity contribution in [3.63, 3.8) is 0 Å². The molecule has 23 heavy (non-hydrogen) atoms. The summed E-state index contributed by atoms with van der Waals surface area (Å²) in [5.41, 5.74) is 1.55. The van der Waals surface area contributed by atoms with Crippen molar-refractivity contribution in [3.8, 4) is 0 Å². The lowest BCUT2D eigenvalue weighted by atomic mass is 10.1. The van der Waals surface area contributed by atoms with Gasteiger partial charge < -0.3 is 15.4 Å². The molecule has 1 unspecified atom stereocenters. The predicted octanol–water partition coefficient (Wildman–Crippen LogP) is 2.92. The highest BCUT2D eigenvalue weighted by molar-refractivity contribution is 7.99. The topological polar surface area (TPSA) is 45.7 Å². The van der Waals surface area contributed by atoms with Gasteiger partial charge in [-0.05, 0) is 43.2 Å². The lowest BCUT2D eigenvalue weighted by Crippen LogP contribution is -2.45. The molecular formula is C17H26FN3OS. The van der Waals surface area contributed by atoms with Gasteiger partial charge in [-0.1, -0.05) is 6.07 Å². The first kappa shape index (κ1) is 18.1. The number of nitrogens with one attached hydrogen (secondary N) is 2. The molecule has 0 aliphatic carbocycles. The van der Waals surface area contributed by atoms with Gasteiger partial charge in [0.05, 0.1) is 13.2 Å². The van der Waals surface area contributed by atoms with Crippen LogP contribution in [0.2, 0.25) is 0 Å². The van der Waals surface area contributed by atoms with Crippen LogP contribution in [0.25, 0.3) is 0 Å². The van der Waals surface area contributed by atoms with Gasteiger partial charge in [0, 0.05) is 31.0 Å². The molecule has 6 heteroatoms. The molecule has 0 amide bonds. The molecule has 0 bridgehead atoms. The number of benzene rings is 1. The summed E-state index contributed by atoms with van der Waals surface area (Å²) in [6, 6.07) is 5.56. The zero-order chi connectivity index (χ0) is 16.5. The summed E-state index contributed by atoms with van der Waals surface area (Å²) >= 11 is 1.99. The summed E-state index contributed by atoms with van der Waals surface area (Å²) in [6.07, 6.45) is 2.44. The number of ether oxygens (including phenoxy) is 1. The Morgan fingerprint density at radius 3 is 3.04 bits per heavy atom. The number of methoxy groups -OCH3 is 1. The summed E-state index contributed by atoms with van der Waals surface area (Å²) in [6.45, 7) is 3.68. The average Bonchev–Trinajstić information content (AvgIpc) is 2.57. The minimum atomic E-state index is -0.233. The van der Waals surface area contributed by atoms with Crippen molar-refractivity contribution >= 4 is 17.7 Å². The molecule has 2 N–H and O–H groups in total. The first-order valence-corrected chi connectivity index (χ1v) is 9.27. The number of thioether (sulfide) groups is 1. The predicted molar refractivity (Wildman–Crippen MR) is 95.4 cm³/mol. The highest BCUT2D eigenvalue weighted by atomic mass is 32.2. The lowest BCUT2D eigenvalue weighted by molar-refractivity contribution is 0.181. The SMILES string of the molecule is CCNC(=NCc1ccc(F)c(COC)c1)NC1CCCSC1. The van der Waals surface area contributed by atoms with Crippen molar-refractivity contribution in [2.45, 2.75) is 39.0 Å². The van der Waals surface area contributed by atoms with Gasteiger partial charge >= 0.3 is 0 Å². The average molecular weight is 339 g/mol. The largest absolute Gasteiger partial charge is 0.380 e. The number of hydrogen-bond acceptors (Lipinski definition) is 3. The Morgan fingerprint density at radius 2 is 2.35 bits per heavy atom. The smallest absolute Gasteiger partial charge is 0.191 e. The van der Waals surface area contributed by atoms with Crippen molar-refractivity contribution < 1.29 is 9.13 Å². The highest BCUT2D eigenvalue weighted by Crippen LogP contribution is 2.17. The number of rotatable bonds is 6. The van der Waals surface area contributed by atoms with Crippen LogP contribution >= 0.6 is 11.8 Å². The van der Waals surface area contributed by atoms with E-state index >= 15 is 0 Å².